The summed E-state index contributed by atoms with van der Waals surface area (Å²) in [4.78, 5) is 33.7. The summed E-state index contributed by atoms with van der Waals surface area (Å²) in [6, 6.07) is 9.16. The van der Waals surface area contributed by atoms with Crippen molar-refractivity contribution < 1.29 is 24.4 Å². The van der Waals surface area contributed by atoms with Gasteiger partial charge < -0.3 is 15.2 Å². The van der Waals surface area contributed by atoms with Crippen molar-refractivity contribution in [3.8, 4) is 11.5 Å². The Morgan fingerprint density at radius 3 is 2.48 bits per heavy atom. The van der Waals surface area contributed by atoms with Gasteiger partial charge in [0.2, 0.25) is 5.75 Å². The molecule has 10 heteroatoms. The normalized spacial score (nSPS) is 10.4. The van der Waals surface area contributed by atoms with E-state index in [0.29, 0.717) is 5.69 Å². The van der Waals surface area contributed by atoms with E-state index >= 15 is 0 Å². The van der Waals surface area contributed by atoms with E-state index in [2.05, 4.69) is 10.4 Å². The lowest BCUT2D eigenvalue weighted by molar-refractivity contribution is -0.386. The van der Waals surface area contributed by atoms with Crippen molar-refractivity contribution >= 4 is 29.4 Å². The van der Waals surface area contributed by atoms with Crippen molar-refractivity contribution in [2.24, 2.45) is 5.10 Å². The first-order valence-electron chi connectivity index (χ1n) is 7.58. The van der Waals surface area contributed by atoms with Crippen LogP contribution in [0.25, 0.3) is 0 Å². The van der Waals surface area contributed by atoms with Gasteiger partial charge in [-0.1, -0.05) is 17.7 Å². The van der Waals surface area contributed by atoms with Crippen molar-refractivity contribution in [2.45, 2.75) is 6.92 Å². The number of carbonyl (C=O) groups is 2. The van der Waals surface area contributed by atoms with E-state index in [0.717, 1.165) is 17.8 Å². The molecule has 0 atom stereocenters. The lowest BCUT2D eigenvalue weighted by Crippen LogP contribution is -2.32. The molecule has 140 valence electrons. The molecule has 0 aliphatic rings. The van der Waals surface area contributed by atoms with E-state index in [1.165, 1.54) is 13.2 Å². The van der Waals surface area contributed by atoms with Gasteiger partial charge >= 0.3 is 17.5 Å². The highest BCUT2D eigenvalue weighted by atomic mass is 16.6. The van der Waals surface area contributed by atoms with E-state index < -0.39 is 28.2 Å². The van der Waals surface area contributed by atoms with E-state index in [4.69, 9.17) is 4.74 Å². The number of nitro groups is 1. The Kier molecular flexibility index (Phi) is 6.05. The molecule has 0 unspecified atom stereocenters. The Labute approximate surface area is 153 Å². The summed E-state index contributed by atoms with van der Waals surface area (Å²) < 4.78 is 4.85. The average molecular weight is 372 g/mol. The maximum atomic E-state index is 11.8. The Morgan fingerprint density at radius 1 is 1.22 bits per heavy atom. The maximum Gasteiger partial charge on any atom is 0.329 e. The van der Waals surface area contributed by atoms with E-state index in [9.17, 15) is 24.8 Å². The molecule has 0 aliphatic carbocycles. The highest BCUT2D eigenvalue weighted by Gasteiger charge is 2.19. The van der Waals surface area contributed by atoms with E-state index in [1.54, 1.807) is 24.3 Å². The molecule has 0 saturated heterocycles. The summed E-state index contributed by atoms with van der Waals surface area (Å²) in [6.45, 7) is 1.88. The molecule has 3 N–H and O–H groups in total. The van der Waals surface area contributed by atoms with Crippen LogP contribution in [0, 0.1) is 17.0 Å². The van der Waals surface area contributed by atoms with Crippen molar-refractivity contribution in [3.63, 3.8) is 0 Å². The number of hydrogen-bond acceptors (Lipinski definition) is 7. The van der Waals surface area contributed by atoms with Crippen LogP contribution in [-0.4, -0.2) is 35.2 Å². The van der Waals surface area contributed by atoms with Crippen LogP contribution in [-0.2, 0) is 9.59 Å². The third-order valence-corrected chi connectivity index (χ3v) is 3.39. The van der Waals surface area contributed by atoms with Crippen molar-refractivity contribution in [1.82, 2.24) is 5.43 Å². The SMILES string of the molecule is COc1cc(/C=N\NC(=O)C(=O)Nc2ccc(C)cc2)cc([N+](=O)[O-])c1O. The molecule has 2 amide bonds. The summed E-state index contributed by atoms with van der Waals surface area (Å²) >= 11 is 0. The lowest BCUT2D eigenvalue weighted by Gasteiger charge is -2.05. The number of benzene rings is 2. The third kappa shape index (κ3) is 5.01. The second kappa shape index (κ2) is 8.43. The summed E-state index contributed by atoms with van der Waals surface area (Å²) in [7, 11) is 1.23. The molecule has 10 nitrogen and oxygen atoms in total. The molecule has 2 rings (SSSR count). The van der Waals surface area contributed by atoms with Crippen LogP contribution in [0.4, 0.5) is 11.4 Å². The van der Waals surface area contributed by atoms with Crippen LogP contribution in [0.1, 0.15) is 11.1 Å². The van der Waals surface area contributed by atoms with Crippen molar-refractivity contribution in [2.75, 3.05) is 12.4 Å². The minimum Gasteiger partial charge on any atom is -0.500 e. The average Bonchev–Trinajstić information content (AvgIpc) is 2.64. The number of rotatable bonds is 5. The van der Waals surface area contributed by atoms with Gasteiger partial charge in [0.15, 0.2) is 5.75 Å². The van der Waals surface area contributed by atoms with Gasteiger partial charge in [-0.25, -0.2) is 5.43 Å². The van der Waals surface area contributed by atoms with Gasteiger partial charge in [-0.15, -0.1) is 0 Å². The van der Waals surface area contributed by atoms with Crippen LogP contribution in [0.2, 0.25) is 0 Å². The first-order valence-corrected chi connectivity index (χ1v) is 7.58. The molecular formula is C17H16N4O6. The number of nitro benzene ring substituents is 1. The lowest BCUT2D eigenvalue weighted by atomic mass is 10.2. The van der Waals surface area contributed by atoms with Crippen LogP contribution in [0.15, 0.2) is 41.5 Å². The van der Waals surface area contributed by atoms with E-state index in [1.807, 2.05) is 12.3 Å². The zero-order valence-electron chi connectivity index (χ0n) is 14.4. The number of hydrazone groups is 1. The topological polar surface area (TPSA) is 143 Å². The van der Waals surface area contributed by atoms with Crippen molar-refractivity contribution in [1.29, 1.82) is 0 Å². The number of ether oxygens (including phenoxy) is 1. The number of phenolic OH excluding ortho intramolecular Hbond substituents is 1. The molecule has 0 aliphatic heterocycles. The Bertz CT molecular complexity index is 908. The number of anilines is 1. The maximum absolute atomic E-state index is 11.8. The number of methoxy groups -OCH3 is 1. The number of carbonyl (C=O) groups excluding carboxylic acids is 2. The van der Waals surface area contributed by atoms with Gasteiger partial charge in [0.05, 0.1) is 18.2 Å². The molecule has 0 heterocycles. The van der Waals surface area contributed by atoms with Gasteiger partial charge in [-0.2, -0.15) is 5.10 Å². The molecule has 0 aromatic heterocycles. The zero-order chi connectivity index (χ0) is 20.0. The highest BCUT2D eigenvalue weighted by Crippen LogP contribution is 2.36. The predicted octanol–water partition coefficient (Wildman–Crippen LogP) is 1.71. The van der Waals surface area contributed by atoms with Crippen molar-refractivity contribution in [3.05, 3.63) is 57.6 Å². The number of aromatic hydroxyl groups is 1. The standard InChI is InChI=1S/C17H16N4O6/c1-10-3-5-12(6-4-10)19-16(23)17(24)20-18-9-11-7-13(21(25)26)15(22)14(8-11)27-2/h3-9,22H,1-2H3,(H,19,23)(H,20,24)/b18-9-. The molecule has 0 saturated carbocycles. The van der Waals surface area contributed by atoms with Gasteiger partial charge in [0.1, 0.15) is 0 Å². The number of nitrogens with one attached hydrogen (secondary N) is 2. The monoisotopic (exact) mass is 372 g/mol. The summed E-state index contributed by atoms with van der Waals surface area (Å²) in [5.74, 6) is -2.70. The van der Waals surface area contributed by atoms with Gasteiger partial charge in [0.25, 0.3) is 0 Å². The number of hydrogen-bond donors (Lipinski definition) is 3. The second-order valence-corrected chi connectivity index (χ2v) is 5.37. The fourth-order valence-electron chi connectivity index (χ4n) is 2.02. The fraction of sp³-hybridized carbons (Fsp3) is 0.118. The summed E-state index contributed by atoms with van der Waals surface area (Å²) in [5.41, 5.74) is 3.05. The second-order valence-electron chi connectivity index (χ2n) is 5.37. The number of phenols is 1. The Morgan fingerprint density at radius 2 is 1.89 bits per heavy atom. The van der Waals surface area contributed by atoms with Crippen LogP contribution in [0.5, 0.6) is 11.5 Å². The van der Waals surface area contributed by atoms with Gasteiger partial charge in [-0.05, 0) is 25.1 Å². The fourth-order valence-corrected chi connectivity index (χ4v) is 2.02. The first-order chi connectivity index (χ1) is 12.8. The highest BCUT2D eigenvalue weighted by molar-refractivity contribution is 6.39. The van der Waals surface area contributed by atoms with E-state index in [-0.39, 0.29) is 11.3 Å². The van der Waals surface area contributed by atoms with Crippen LogP contribution >= 0.6 is 0 Å². The Balaban J connectivity index is 2.04. The molecule has 2 aromatic carbocycles. The number of amides is 2. The van der Waals surface area contributed by atoms with Gasteiger partial charge in [-0.3, -0.25) is 19.7 Å². The minimum absolute atomic E-state index is 0.130. The van der Waals surface area contributed by atoms with Crippen LogP contribution < -0.4 is 15.5 Å². The molecule has 2 aromatic rings. The quantitative estimate of drug-likeness (QED) is 0.315. The minimum atomic E-state index is -1.02. The summed E-state index contributed by atoms with van der Waals surface area (Å²) in [6.07, 6.45) is 1.08. The number of aryl methyl sites for hydroxylation is 1. The third-order valence-electron chi connectivity index (χ3n) is 3.39. The molecule has 0 fully saturated rings. The molecular weight excluding hydrogens is 356 g/mol. The molecule has 0 spiro atoms. The smallest absolute Gasteiger partial charge is 0.329 e. The first kappa shape index (κ1) is 19.4. The van der Waals surface area contributed by atoms with Gasteiger partial charge in [0, 0.05) is 17.3 Å². The molecule has 0 radical (unpaired) electrons. The van der Waals surface area contributed by atoms with Crippen LogP contribution in [0.3, 0.4) is 0 Å². The molecule has 0 bridgehead atoms. The largest absolute Gasteiger partial charge is 0.500 e. The molecule has 27 heavy (non-hydrogen) atoms. The summed E-state index contributed by atoms with van der Waals surface area (Å²) in [5, 5.41) is 26.6. The number of nitrogens with zero attached hydrogens (tertiary/aromatic N) is 2. The zero-order valence-corrected chi connectivity index (χ0v) is 14.4. The Hall–Kier alpha value is -3.95. The predicted molar refractivity (Wildman–Crippen MR) is 96.9 cm³/mol.